The maximum Gasteiger partial charge on any atom is 0.265 e. The molecule has 106 valence electrons. The van der Waals surface area contributed by atoms with Crippen LogP contribution in [0.2, 0.25) is 0 Å². The van der Waals surface area contributed by atoms with E-state index in [2.05, 4.69) is 20.0 Å². The second-order valence-electron chi connectivity index (χ2n) is 4.58. The molecule has 0 saturated heterocycles. The van der Waals surface area contributed by atoms with E-state index in [1.165, 1.54) is 36.6 Å². The van der Waals surface area contributed by atoms with Gasteiger partial charge in [-0.1, -0.05) is 0 Å². The van der Waals surface area contributed by atoms with Crippen molar-refractivity contribution in [1.29, 1.82) is 0 Å². The number of thiophene rings is 1. The van der Waals surface area contributed by atoms with Gasteiger partial charge >= 0.3 is 0 Å². The fraction of sp³-hybridized carbons (Fsp3) is 0.333. The van der Waals surface area contributed by atoms with Crippen molar-refractivity contribution in [2.45, 2.75) is 30.3 Å². The zero-order valence-electron chi connectivity index (χ0n) is 10.6. The lowest BCUT2D eigenvalue weighted by molar-refractivity contribution is 0.601. The van der Waals surface area contributed by atoms with Gasteiger partial charge in [-0.05, 0) is 25.0 Å². The maximum atomic E-state index is 12.2. The van der Waals surface area contributed by atoms with Gasteiger partial charge in [0.1, 0.15) is 0 Å². The summed E-state index contributed by atoms with van der Waals surface area (Å²) in [5, 5.41) is 4.99. The van der Waals surface area contributed by atoms with Crippen LogP contribution in [-0.4, -0.2) is 24.4 Å². The topological polar surface area (TPSA) is 84.0 Å². The Hall–Kier alpha value is -1.51. The molecule has 0 spiro atoms. The first-order chi connectivity index (χ1) is 9.63. The molecule has 0 aliphatic heterocycles. The Morgan fingerprint density at radius 2 is 2.05 bits per heavy atom. The SMILES string of the molecule is O=S(=O)(Nc1ncccn1)c1csc(CNC2CC2)c1. The minimum Gasteiger partial charge on any atom is -0.309 e. The molecular formula is C12H14N4O2S2. The first-order valence-corrected chi connectivity index (χ1v) is 8.60. The number of sulfonamides is 1. The molecule has 2 aromatic heterocycles. The summed E-state index contributed by atoms with van der Waals surface area (Å²) in [5.41, 5.74) is 0. The van der Waals surface area contributed by atoms with Crippen molar-refractivity contribution in [2.75, 3.05) is 4.72 Å². The van der Waals surface area contributed by atoms with Crippen molar-refractivity contribution in [3.05, 3.63) is 34.8 Å². The van der Waals surface area contributed by atoms with Crippen LogP contribution >= 0.6 is 11.3 Å². The summed E-state index contributed by atoms with van der Waals surface area (Å²) >= 11 is 1.43. The van der Waals surface area contributed by atoms with Gasteiger partial charge in [0.15, 0.2) is 0 Å². The van der Waals surface area contributed by atoms with Crippen LogP contribution in [-0.2, 0) is 16.6 Å². The van der Waals surface area contributed by atoms with Crippen molar-refractivity contribution in [3.8, 4) is 0 Å². The molecule has 3 rings (SSSR count). The third-order valence-electron chi connectivity index (χ3n) is 2.87. The van der Waals surface area contributed by atoms with Crippen LogP contribution in [0.4, 0.5) is 5.95 Å². The van der Waals surface area contributed by atoms with E-state index in [0.29, 0.717) is 12.6 Å². The number of nitrogens with one attached hydrogen (secondary N) is 2. The molecule has 0 unspecified atom stereocenters. The van der Waals surface area contributed by atoms with E-state index in [0.717, 1.165) is 4.88 Å². The molecule has 1 saturated carbocycles. The van der Waals surface area contributed by atoms with Crippen molar-refractivity contribution in [2.24, 2.45) is 0 Å². The van der Waals surface area contributed by atoms with Gasteiger partial charge in [-0.15, -0.1) is 11.3 Å². The molecular weight excluding hydrogens is 296 g/mol. The van der Waals surface area contributed by atoms with Crippen molar-refractivity contribution in [3.63, 3.8) is 0 Å². The molecule has 0 radical (unpaired) electrons. The van der Waals surface area contributed by atoms with Crippen LogP contribution in [0.3, 0.4) is 0 Å². The monoisotopic (exact) mass is 310 g/mol. The van der Waals surface area contributed by atoms with E-state index in [-0.39, 0.29) is 10.8 Å². The molecule has 0 amide bonds. The van der Waals surface area contributed by atoms with Crippen molar-refractivity contribution >= 4 is 27.3 Å². The van der Waals surface area contributed by atoms with Gasteiger partial charge in [0.2, 0.25) is 5.95 Å². The van der Waals surface area contributed by atoms with Gasteiger partial charge < -0.3 is 5.32 Å². The molecule has 2 N–H and O–H groups in total. The zero-order valence-corrected chi connectivity index (χ0v) is 12.2. The molecule has 8 heteroatoms. The second kappa shape index (κ2) is 5.47. The Morgan fingerprint density at radius 3 is 2.75 bits per heavy atom. The van der Waals surface area contributed by atoms with E-state index in [1.54, 1.807) is 17.5 Å². The summed E-state index contributed by atoms with van der Waals surface area (Å²) in [6.07, 6.45) is 5.40. The van der Waals surface area contributed by atoms with Crippen molar-refractivity contribution < 1.29 is 8.42 Å². The largest absolute Gasteiger partial charge is 0.309 e. The van der Waals surface area contributed by atoms with Gasteiger partial charge in [-0.3, -0.25) is 0 Å². The highest BCUT2D eigenvalue weighted by molar-refractivity contribution is 7.92. The standard InChI is InChI=1S/C12H14N4O2S2/c17-20(18,16-12-13-4-1-5-14-12)11-6-10(19-8-11)7-15-9-2-3-9/h1,4-6,8-9,15H,2-3,7H2,(H,13,14,16). The van der Waals surface area contributed by atoms with Gasteiger partial charge in [-0.25, -0.2) is 23.1 Å². The number of hydrogen-bond donors (Lipinski definition) is 2. The first-order valence-electron chi connectivity index (χ1n) is 6.24. The summed E-state index contributed by atoms with van der Waals surface area (Å²) in [4.78, 5) is 8.97. The highest BCUT2D eigenvalue weighted by atomic mass is 32.2. The maximum absolute atomic E-state index is 12.2. The Morgan fingerprint density at radius 1 is 1.30 bits per heavy atom. The lowest BCUT2D eigenvalue weighted by Gasteiger charge is -2.03. The molecule has 1 fully saturated rings. The van der Waals surface area contributed by atoms with Gasteiger partial charge in [0.05, 0.1) is 4.90 Å². The van der Waals surface area contributed by atoms with Gasteiger partial charge in [-0.2, -0.15) is 0 Å². The Kier molecular flexibility index (Phi) is 3.68. The van der Waals surface area contributed by atoms with Gasteiger partial charge in [0, 0.05) is 35.2 Å². The summed E-state index contributed by atoms with van der Waals surface area (Å²) in [6.45, 7) is 0.715. The third kappa shape index (κ3) is 3.33. The third-order valence-corrected chi connectivity index (χ3v) is 5.27. The number of hydrogen-bond acceptors (Lipinski definition) is 6. The molecule has 2 aromatic rings. The van der Waals surface area contributed by atoms with Gasteiger partial charge in [0.25, 0.3) is 10.0 Å². The quantitative estimate of drug-likeness (QED) is 0.846. The first kappa shape index (κ1) is 13.5. The summed E-state index contributed by atoms with van der Waals surface area (Å²) in [5.74, 6) is 0.0800. The van der Waals surface area contributed by atoms with E-state index in [4.69, 9.17) is 0 Å². The van der Waals surface area contributed by atoms with Crippen LogP contribution in [0.5, 0.6) is 0 Å². The van der Waals surface area contributed by atoms with Crippen LogP contribution in [0.25, 0.3) is 0 Å². The molecule has 1 aliphatic rings. The summed E-state index contributed by atoms with van der Waals surface area (Å²) in [7, 11) is -3.61. The molecule has 20 heavy (non-hydrogen) atoms. The highest BCUT2D eigenvalue weighted by Crippen LogP contribution is 2.23. The summed E-state index contributed by atoms with van der Waals surface area (Å²) < 4.78 is 26.7. The number of anilines is 1. The fourth-order valence-electron chi connectivity index (χ4n) is 1.66. The second-order valence-corrected chi connectivity index (χ2v) is 7.26. The molecule has 2 heterocycles. The number of aromatic nitrogens is 2. The Balaban J connectivity index is 1.70. The van der Waals surface area contributed by atoms with E-state index in [1.807, 2.05) is 0 Å². The zero-order chi connectivity index (χ0) is 14.0. The van der Waals surface area contributed by atoms with Crippen LogP contribution in [0, 0.1) is 0 Å². The average molecular weight is 310 g/mol. The molecule has 1 aliphatic carbocycles. The normalized spacial score (nSPS) is 15.2. The molecule has 6 nitrogen and oxygen atoms in total. The van der Waals surface area contributed by atoms with Crippen molar-refractivity contribution in [1.82, 2.24) is 15.3 Å². The van der Waals surface area contributed by atoms with Crippen LogP contribution < -0.4 is 10.0 Å². The smallest absolute Gasteiger partial charge is 0.265 e. The molecule has 0 aromatic carbocycles. The predicted octanol–water partition coefficient (Wildman–Crippen LogP) is 1.59. The minimum absolute atomic E-state index is 0.0800. The number of rotatable bonds is 6. The fourth-order valence-corrected chi connectivity index (χ4v) is 3.84. The van der Waals surface area contributed by atoms with Crippen LogP contribution in [0.1, 0.15) is 17.7 Å². The van der Waals surface area contributed by atoms with E-state index >= 15 is 0 Å². The molecule has 0 atom stereocenters. The highest BCUT2D eigenvalue weighted by Gasteiger charge is 2.21. The average Bonchev–Trinajstić information content (AvgIpc) is 3.13. The van der Waals surface area contributed by atoms with E-state index in [9.17, 15) is 8.42 Å². The lowest BCUT2D eigenvalue weighted by atomic mass is 10.4. The Labute approximate surface area is 121 Å². The van der Waals surface area contributed by atoms with Crippen LogP contribution in [0.15, 0.2) is 34.8 Å². The Bertz CT molecular complexity index is 680. The lowest BCUT2D eigenvalue weighted by Crippen LogP contribution is -2.15. The minimum atomic E-state index is -3.61. The summed E-state index contributed by atoms with van der Waals surface area (Å²) in [6, 6.07) is 3.92. The molecule has 0 bridgehead atoms. The number of nitrogens with zero attached hydrogens (tertiary/aromatic N) is 2. The predicted molar refractivity (Wildman–Crippen MR) is 77.0 cm³/mol. The van der Waals surface area contributed by atoms with E-state index < -0.39 is 10.0 Å².